The quantitative estimate of drug-likeness (QED) is 0.856. The predicted octanol–water partition coefficient (Wildman–Crippen LogP) is 3.04. The van der Waals surface area contributed by atoms with E-state index in [1.165, 1.54) is 5.56 Å². The molecule has 1 aromatic carbocycles. The summed E-state index contributed by atoms with van der Waals surface area (Å²) < 4.78 is 0.913. The molecule has 0 saturated heterocycles. The van der Waals surface area contributed by atoms with Gasteiger partial charge in [-0.3, -0.25) is 4.99 Å². The maximum Gasteiger partial charge on any atom is 0.152 e. The molecule has 1 aliphatic rings. The molecule has 0 aliphatic carbocycles. The molecule has 1 heterocycles. The van der Waals surface area contributed by atoms with E-state index in [1.807, 2.05) is 11.2 Å². The normalized spacial score (nSPS) is 14.9. The van der Waals surface area contributed by atoms with Gasteiger partial charge in [0.05, 0.1) is 22.1 Å². The second kappa shape index (κ2) is 5.25. The Balaban J connectivity index is 2.35. The van der Waals surface area contributed by atoms with E-state index >= 15 is 0 Å². The highest BCUT2D eigenvalue weighted by atomic mass is 127. The molecule has 1 aliphatic heterocycles. The third-order valence-corrected chi connectivity index (χ3v) is 3.57. The number of benzene rings is 1. The molecule has 4 heteroatoms. The van der Waals surface area contributed by atoms with Crippen molar-refractivity contribution in [2.75, 3.05) is 18.0 Å². The maximum absolute atomic E-state index is 10.1. The monoisotopic (exact) mass is 344 g/mol. The van der Waals surface area contributed by atoms with E-state index in [2.05, 4.69) is 53.6 Å². The van der Waals surface area contributed by atoms with Crippen LogP contribution < -0.4 is 4.90 Å². The molecule has 2 rings (SSSR count). The fourth-order valence-corrected chi connectivity index (χ4v) is 2.69. The summed E-state index contributed by atoms with van der Waals surface area (Å²) >= 11 is 2.19. The summed E-state index contributed by atoms with van der Waals surface area (Å²) in [5, 5.41) is 10.1. The lowest BCUT2D eigenvalue weighted by Crippen LogP contribution is -2.18. The molecule has 3 nitrogen and oxygen atoms in total. The first kappa shape index (κ1) is 12.7. The fraction of sp³-hybridized carbons (Fsp3) is 0.462. The largest absolute Gasteiger partial charge is 0.505 e. The standard InChI is InChI=1S/C13H17IN2O/c1-9(2)5-10-6-11(14)13(17)12(7-10)16-4-3-15-8-16/h6-9,17H,3-5H2,1-2H3. The second-order valence-electron chi connectivity index (χ2n) is 4.76. The van der Waals surface area contributed by atoms with Crippen molar-refractivity contribution >= 4 is 34.6 Å². The van der Waals surface area contributed by atoms with E-state index in [9.17, 15) is 5.11 Å². The molecule has 0 bridgehead atoms. The van der Waals surface area contributed by atoms with Crippen LogP contribution in [0.5, 0.6) is 5.75 Å². The highest BCUT2D eigenvalue weighted by Gasteiger charge is 2.16. The van der Waals surface area contributed by atoms with Gasteiger partial charge in [-0.25, -0.2) is 0 Å². The average Bonchev–Trinajstić information content (AvgIpc) is 2.75. The molecule has 0 fully saturated rings. The minimum atomic E-state index is 0.367. The van der Waals surface area contributed by atoms with Crippen molar-refractivity contribution in [2.45, 2.75) is 20.3 Å². The van der Waals surface area contributed by atoms with E-state index in [4.69, 9.17) is 0 Å². The first-order valence-electron chi connectivity index (χ1n) is 5.86. The number of rotatable bonds is 3. The summed E-state index contributed by atoms with van der Waals surface area (Å²) in [5.74, 6) is 0.988. The van der Waals surface area contributed by atoms with Gasteiger partial charge in [0.25, 0.3) is 0 Å². The number of aliphatic imine (C=N–C) groups is 1. The van der Waals surface area contributed by atoms with E-state index in [0.29, 0.717) is 11.7 Å². The Morgan fingerprint density at radius 3 is 2.82 bits per heavy atom. The van der Waals surface area contributed by atoms with Gasteiger partial charge in [0, 0.05) is 6.54 Å². The van der Waals surface area contributed by atoms with Gasteiger partial charge in [0.1, 0.15) is 0 Å². The average molecular weight is 344 g/mol. The number of hydrogen-bond acceptors (Lipinski definition) is 3. The van der Waals surface area contributed by atoms with Gasteiger partial charge >= 0.3 is 0 Å². The minimum Gasteiger partial charge on any atom is -0.505 e. The summed E-state index contributed by atoms with van der Waals surface area (Å²) in [7, 11) is 0. The molecule has 0 radical (unpaired) electrons. The van der Waals surface area contributed by atoms with Crippen LogP contribution in [0.15, 0.2) is 17.1 Å². The van der Waals surface area contributed by atoms with Crippen molar-refractivity contribution in [2.24, 2.45) is 10.9 Å². The summed E-state index contributed by atoms with van der Waals surface area (Å²) in [6.07, 6.45) is 2.85. The van der Waals surface area contributed by atoms with Crippen molar-refractivity contribution in [1.29, 1.82) is 0 Å². The summed E-state index contributed by atoms with van der Waals surface area (Å²) in [4.78, 5) is 6.21. The SMILES string of the molecule is CC(C)Cc1cc(I)c(O)c(N2C=NCC2)c1. The molecule has 0 aromatic heterocycles. The third-order valence-electron chi connectivity index (χ3n) is 2.75. The molecule has 1 N–H and O–H groups in total. The van der Waals surface area contributed by atoms with E-state index < -0.39 is 0 Å². The number of aromatic hydroxyl groups is 1. The van der Waals surface area contributed by atoms with Crippen molar-refractivity contribution in [1.82, 2.24) is 0 Å². The fourth-order valence-electron chi connectivity index (χ4n) is 2.01. The Hall–Kier alpha value is -0.780. The number of hydrogen-bond donors (Lipinski definition) is 1. The summed E-state index contributed by atoms with van der Waals surface area (Å²) in [5.41, 5.74) is 2.16. The topological polar surface area (TPSA) is 35.8 Å². The second-order valence-corrected chi connectivity index (χ2v) is 5.92. The lowest BCUT2D eigenvalue weighted by atomic mass is 10.0. The third kappa shape index (κ3) is 2.91. The molecule has 92 valence electrons. The lowest BCUT2D eigenvalue weighted by Gasteiger charge is -2.18. The van der Waals surface area contributed by atoms with Gasteiger partial charge in [-0.2, -0.15) is 0 Å². The maximum atomic E-state index is 10.1. The smallest absolute Gasteiger partial charge is 0.152 e. The van der Waals surface area contributed by atoms with Crippen LogP contribution in [0.25, 0.3) is 0 Å². The van der Waals surface area contributed by atoms with Gasteiger partial charge in [-0.15, -0.1) is 0 Å². The molecular weight excluding hydrogens is 327 g/mol. The molecule has 1 aromatic rings. The van der Waals surface area contributed by atoms with Gasteiger partial charge in [-0.05, 0) is 52.6 Å². The highest BCUT2D eigenvalue weighted by Crippen LogP contribution is 2.34. The van der Waals surface area contributed by atoms with Gasteiger partial charge in [0.15, 0.2) is 5.75 Å². The van der Waals surface area contributed by atoms with Crippen LogP contribution in [-0.2, 0) is 6.42 Å². The van der Waals surface area contributed by atoms with Gasteiger partial charge in [0.2, 0.25) is 0 Å². The zero-order valence-electron chi connectivity index (χ0n) is 10.2. The van der Waals surface area contributed by atoms with Crippen molar-refractivity contribution in [3.8, 4) is 5.75 Å². The Labute approximate surface area is 116 Å². The molecule has 17 heavy (non-hydrogen) atoms. The van der Waals surface area contributed by atoms with E-state index in [-0.39, 0.29) is 0 Å². The van der Waals surface area contributed by atoms with Crippen LogP contribution in [0.1, 0.15) is 19.4 Å². The Morgan fingerprint density at radius 2 is 2.24 bits per heavy atom. The van der Waals surface area contributed by atoms with Crippen LogP contribution in [-0.4, -0.2) is 24.5 Å². The zero-order valence-corrected chi connectivity index (χ0v) is 12.3. The Bertz CT molecular complexity index is 443. The zero-order chi connectivity index (χ0) is 12.4. The number of anilines is 1. The predicted molar refractivity (Wildman–Crippen MR) is 80.1 cm³/mol. The molecular formula is C13H17IN2O. The minimum absolute atomic E-state index is 0.367. The number of nitrogens with zero attached hydrogens (tertiary/aromatic N) is 2. The van der Waals surface area contributed by atoms with Crippen LogP contribution in [0.3, 0.4) is 0 Å². The Morgan fingerprint density at radius 1 is 1.47 bits per heavy atom. The molecule has 0 amide bonds. The summed E-state index contributed by atoms with van der Waals surface area (Å²) in [6.45, 7) is 6.08. The van der Waals surface area contributed by atoms with Crippen LogP contribution in [0.4, 0.5) is 5.69 Å². The highest BCUT2D eigenvalue weighted by molar-refractivity contribution is 14.1. The van der Waals surface area contributed by atoms with Crippen LogP contribution in [0, 0.1) is 9.49 Å². The van der Waals surface area contributed by atoms with E-state index in [1.54, 1.807) is 0 Å². The molecule has 0 atom stereocenters. The number of halogens is 1. The first-order chi connectivity index (χ1) is 8.08. The molecule has 0 spiro atoms. The number of phenolic OH excluding ortho intramolecular Hbond substituents is 1. The lowest BCUT2D eigenvalue weighted by molar-refractivity contribution is 0.472. The van der Waals surface area contributed by atoms with Crippen molar-refractivity contribution < 1.29 is 5.11 Å². The number of phenols is 1. The van der Waals surface area contributed by atoms with Gasteiger partial charge in [-0.1, -0.05) is 13.8 Å². The summed E-state index contributed by atoms with van der Waals surface area (Å²) in [6, 6.07) is 4.14. The van der Waals surface area contributed by atoms with Crippen LogP contribution >= 0.6 is 22.6 Å². The molecule has 0 unspecified atom stereocenters. The first-order valence-corrected chi connectivity index (χ1v) is 6.94. The Kier molecular flexibility index (Phi) is 3.91. The van der Waals surface area contributed by atoms with Crippen molar-refractivity contribution in [3.05, 3.63) is 21.3 Å². The van der Waals surface area contributed by atoms with Gasteiger partial charge < -0.3 is 10.0 Å². The molecule has 0 saturated carbocycles. The van der Waals surface area contributed by atoms with Crippen molar-refractivity contribution in [3.63, 3.8) is 0 Å². The van der Waals surface area contributed by atoms with Crippen LogP contribution in [0.2, 0.25) is 0 Å². The van der Waals surface area contributed by atoms with E-state index in [0.717, 1.165) is 28.8 Å².